The van der Waals surface area contributed by atoms with Gasteiger partial charge in [-0.1, -0.05) is 13.0 Å². The van der Waals surface area contributed by atoms with Crippen LogP contribution in [0.5, 0.6) is 5.88 Å². The number of ether oxygens (including phenoxy) is 1. The van der Waals surface area contributed by atoms with Crippen molar-refractivity contribution < 1.29 is 31.5 Å². The van der Waals surface area contributed by atoms with E-state index in [1.54, 1.807) is 38.2 Å². The third-order valence-corrected chi connectivity index (χ3v) is 6.63. The minimum atomic E-state index is -4.55. The van der Waals surface area contributed by atoms with Crippen molar-refractivity contribution in [1.29, 1.82) is 0 Å². The zero-order valence-corrected chi connectivity index (χ0v) is 19.5. The predicted molar refractivity (Wildman–Crippen MR) is 118 cm³/mol. The summed E-state index contributed by atoms with van der Waals surface area (Å²) in [6, 6.07) is 6.27. The van der Waals surface area contributed by atoms with Crippen molar-refractivity contribution in [2.45, 2.75) is 38.4 Å². The Kier molecular flexibility index (Phi) is 6.76. The Balaban J connectivity index is 1.60. The molecule has 0 spiro atoms. The van der Waals surface area contributed by atoms with Crippen LogP contribution in [0.25, 0.3) is 10.6 Å². The maximum absolute atomic E-state index is 14.5. The lowest BCUT2D eigenvalue weighted by Crippen LogP contribution is -2.57. The van der Waals surface area contributed by atoms with Crippen LogP contribution in [0.1, 0.15) is 34.4 Å². The van der Waals surface area contributed by atoms with Crippen molar-refractivity contribution in [3.05, 3.63) is 59.0 Å². The van der Waals surface area contributed by atoms with Crippen molar-refractivity contribution in [2.24, 2.45) is 5.92 Å². The monoisotopic (exact) mass is 512 g/mol. The zero-order valence-electron chi connectivity index (χ0n) is 18.7. The number of halogens is 5. The number of carbonyl (C=O) groups is 1. The Labute approximate surface area is 201 Å². The number of hydrogen-bond donors (Lipinski definition) is 0. The second kappa shape index (κ2) is 9.48. The maximum atomic E-state index is 14.5. The predicted octanol–water partition coefficient (Wildman–Crippen LogP) is 5.49. The van der Waals surface area contributed by atoms with Crippen molar-refractivity contribution in [3.8, 4) is 16.5 Å². The van der Waals surface area contributed by atoms with Crippen LogP contribution in [0.4, 0.5) is 22.0 Å². The quantitative estimate of drug-likeness (QED) is 0.423. The number of hydrogen-bond acceptors (Lipinski definition) is 6. The van der Waals surface area contributed by atoms with Gasteiger partial charge in [-0.25, -0.2) is 18.7 Å². The third kappa shape index (κ3) is 5.58. The van der Waals surface area contributed by atoms with Gasteiger partial charge < -0.3 is 9.64 Å². The highest BCUT2D eigenvalue weighted by molar-refractivity contribution is 7.15. The lowest BCUT2D eigenvalue weighted by molar-refractivity contribution is -0.137. The van der Waals surface area contributed by atoms with E-state index >= 15 is 0 Å². The highest BCUT2D eigenvalue weighted by Crippen LogP contribution is 2.37. The van der Waals surface area contributed by atoms with Gasteiger partial charge >= 0.3 is 6.18 Å². The molecule has 35 heavy (non-hydrogen) atoms. The fraction of sp³-hybridized carbons (Fsp3) is 0.391. The molecule has 0 aliphatic carbocycles. The highest BCUT2D eigenvalue weighted by Gasteiger charge is 2.47. The molecule has 1 aliphatic heterocycles. The molecule has 0 aromatic carbocycles. The summed E-state index contributed by atoms with van der Waals surface area (Å²) in [5, 5.41) is 0.576. The second-order valence-electron chi connectivity index (χ2n) is 8.36. The number of nitrogens with zero attached hydrogens (tertiary/aromatic N) is 4. The van der Waals surface area contributed by atoms with Gasteiger partial charge in [0, 0.05) is 24.9 Å². The van der Waals surface area contributed by atoms with E-state index in [2.05, 4.69) is 15.0 Å². The molecule has 6 nitrogen and oxygen atoms in total. The fourth-order valence-electron chi connectivity index (χ4n) is 4.00. The summed E-state index contributed by atoms with van der Waals surface area (Å²) in [6.07, 6.45) is -2.82. The first-order valence-electron chi connectivity index (χ1n) is 10.7. The van der Waals surface area contributed by atoms with Gasteiger partial charge in [-0.05, 0) is 31.0 Å². The van der Waals surface area contributed by atoms with E-state index in [0.29, 0.717) is 21.8 Å². The highest BCUT2D eigenvalue weighted by atomic mass is 32.1. The van der Waals surface area contributed by atoms with Crippen LogP contribution >= 0.6 is 11.3 Å². The van der Waals surface area contributed by atoms with Gasteiger partial charge in [0.1, 0.15) is 12.3 Å². The first-order valence-corrected chi connectivity index (χ1v) is 11.5. The molecular formula is C23H21F5N4O2S. The average molecular weight is 513 g/mol. The van der Waals surface area contributed by atoms with Crippen molar-refractivity contribution >= 4 is 17.2 Å². The van der Waals surface area contributed by atoms with Gasteiger partial charge in [0.25, 0.3) is 11.8 Å². The first-order chi connectivity index (χ1) is 16.4. The largest absolute Gasteiger partial charge is 0.475 e. The third-order valence-electron chi connectivity index (χ3n) is 5.64. The molecule has 1 aliphatic rings. The Morgan fingerprint density at radius 3 is 2.63 bits per heavy atom. The van der Waals surface area contributed by atoms with Crippen LogP contribution in [0.15, 0.2) is 42.7 Å². The molecule has 0 bridgehead atoms. The summed E-state index contributed by atoms with van der Waals surface area (Å²) in [4.78, 5) is 27.3. The van der Waals surface area contributed by atoms with E-state index in [9.17, 15) is 26.7 Å². The van der Waals surface area contributed by atoms with E-state index in [0.717, 1.165) is 17.0 Å². The summed E-state index contributed by atoms with van der Waals surface area (Å²) in [5.41, 5.74) is -0.415. The van der Waals surface area contributed by atoms with Crippen LogP contribution in [0.3, 0.4) is 0 Å². The number of carbonyl (C=O) groups excluding carboxylic acids is 1. The summed E-state index contributed by atoms with van der Waals surface area (Å²) in [6.45, 7) is 2.23. The minimum Gasteiger partial charge on any atom is -0.475 e. The average Bonchev–Trinajstić information content (AvgIpc) is 3.19. The molecule has 186 valence electrons. The summed E-state index contributed by atoms with van der Waals surface area (Å²) < 4.78 is 72.9. The molecule has 4 rings (SSSR count). The van der Waals surface area contributed by atoms with Gasteiger partial charge in [-0.15, -0.1) is 11.3 Å². The molecule has 1 amide bonds. The number of aromatic nitrogens is 3. The minimum absolute atomic E-state index is 0.0220. The van der Waals surface area contributed by atoms with E-state index in [4.69, 9.17) is 4.74 Å². The summed E-state index contributed by atoms with van der Waals surface area (Å²) >= 11 is 1.23. The number of alkyl halides is 5. The number of aryl methyl sites for hydroxylation is 1. The molecule has 12 heteroatoms. The van der Waals surface area contributed by atoms with Crippen molar-refractivity contribution in [1.82, 2.24) is 19.9 Å². The lowest BCUT2D eigenvalue weighted by Gasteiger charge is -2.42. The molecule has 1 saturated heterocycles. The molecule has 1 unspecified atom stereocenters. The summed E-state index contributed by atoms with van der Waals surface area (Å²) in [5.74, 6) is -4.56. The Morgan fingerprint density at radius 2 is 2.00 bits per heavy atom. The van der Waals surface area contributed by atoms with Gasteiger partial charge in [-0.2, -0.15) is 13.2 Å². The first kappa shape index (κ1) is 25.0. The second-order valence-corrected chi connectivity index (χ2v) is 9.56. The van der Waals surface area contributed by atoms with E-state index in [-0.39, 0.29) is 18.2 Å². The number of likely N-dealkylation sites (tertiary alicyclic amines) is 1. The molecule has 0 radical (unpaired) electrons. The number of amides is 1. The molecule has 3 aromatic heterocycles. The SMILES string of the molecule is Cc1nc(C(=O)N2CC(F)(F)CC(C)[C@H]2COc2ccc(C(F)(F)F)cn2)c(-c2ccccn2)s1. The van der Waals surface area contributed by atoms with Gasteiger partial charge in [0.05, 0.1) is 33.7 Å². The lowest BCUT2D eigenvalue weighted by atomic mass is 9.88. The van der Waals surface area contributed by atoms with Crippen molar-refractivity contribution in [3.63, 3.8) is 0 Å². The topological polar surface area (TPSA) is 68.2 Å². The molecule has 2 atom stereocenters. The number of rotatable bonds is 5. The molecule has 3 aromatic rings. The number of thiazole rings is 1. The maximum Gasteiger partial charge on any atom is 0.417 e. The van der Waals surface area contributed by atoms with E-state index in [1.807, 2.05) is 0 Å². The Hall–Kier alpha value is -3.15. The summed E-state index contributed by atoms with van der Waals surface area (Å²) in [7, 11) is 0. The van der Waals surface area contributed by atoms with Gasteiger partial charge in [0.2, 0.25) is 5.88 Å². The molecule has 0 N–H and O–H groups in total. The van der Waals surface area contributed by atoms with Gasteiger partial charge in [0.15, 0.2) is 0 Å². The van der Waals surface area contributed by atoms with Crippen LogP contribution in [0, 0.1) is 12.8 Å². The Morgan fingerprint density at radius 1 is 1.23 bits per heavy atom. The number of pyridine rings is 2. The standard InChI is InChI=1S/C23H21F5N4O2S/c1-13-9-22(24,25)12-32(17(13)11-34-18-7-6-15(10-30-18)23(26,27)28)21(33)19-20(35-14(2)31-19)16-5-3-4-8-29-16/h3-8,10,13,17H,9,11-12H2,1-2H3/t13?,17-/m1/s1. The number of piperidine rings is 1. The fourth-order valence-corrected chi connectivity index (χ4v) is 4.89. The molecule has 0 saturated carbocycles. The van der Waals surface area contributed by atoms with Gasteiger partial charge in [-0.3, -0.25) is 9.78 Å². The van der Waals surface area contributed by atoms with E-state index < -0.39 is 48.5 Å². The van der Waals surface area contributed by atoms with Crippen LogP contribution in [-0.2, 0) is 6.18 Å². The normalized spacial score (nSPS) is 20.0. The van der Waals surface area contributed by atoms with Crippen LogP contribution in [0.2, 0.25) is 0 Å². The smallest absolute Gasteiger partial charge is 0.417 e. The van der Waals surface area contributed by atoms with Crippen molar-refractivity contribution in [2.75, 3.05) is 13.2 Å². The molecule has 1 fully saturated rings. The zero-order chi connectivity index (χ0) is 25.4. The Bertz CT molecular complexity index is 1180. The van der Waals surface area contributed by atoms with Crippen LogP contribution in [-0.4, -0.2) is 50.9 Å². The van der Waals surface area contributed by atoms with E-state index in [1.165, 1.54) is 11.3 Å². The molecule has 4 heterocycles. The van der Waals surface area contributed by atoms with Crippen LogP contribution < -0.4 is 4.74 Å². The molecular weight excluding hydrogens is 491 g/mol.